The third-order valence-electron chi connectivity index (χ3n) is 3.12. The number of rotatable bonds is 4. The molecular weight excluding hydrogens is 303 g/mol. The highest BCUT2D eigenvalue weighted by atomic mass is 35.5. The van der Waals surface area contributed by atoms with Gasteiger partial charge in [-0.25, -0.2) is 0 Å². The minimum Gasteiger partial charge on any atom is -0.305 e. The number of thioether (sulfide) groups is 1. The monoisotopic (exact) mass is 314 g/mol. The van der Waals surface area contributed by atoms with Gasteiger partial charge in [-0.15, -0.1) is 33.4 Å². The fraction of sp³-hybridized carbons (Fsp3) is 0.417. The van der Waals surface area contributed by atoms with Gasteiger partial charge in [-0.3, -0.25) is 4.98 Å². The van der Waals surface area contributed by atoms with E-state index < -0.39 is 4.33 Å². The number of alkyl halides is 2. The summed E-state index contributed by atoms with van der Waals surface area (Å²) < 4.78 is 1.44. The molecule has 0 amide bonds. The van der Waals surface area contributed by atoms with Crippen molar-refractivity contribution in [3.05, 3.63) is 24.5 Å². The number of pyridine rings is 1. The van der Waals surface area contributed by atoms with E-state index in [1.165, 1.54) is 0 Å². The number of aromatic nitrogens is 4. The Kier molecular flexibility index (Phi) is 3.45. The van der Waals surface area contributed by atoms with Crippen LogP contribution in [-0.2, 0) is 7.05 Å². The maximum absolute atomic E-state index is 6.02. The third kappa shape index (κ3) is 2.73. The fourth-order valence-electron chi connectivity index (χ4n) is 1.81. The van der Waals surface area contributed by atoms with E-state index in [0.29, 0.717) is 5.92 Å². The lowest BCUT2D eigenvalue weighted by Gasteiger charge is -2.03. The molecule has 0 bridgehead atoms. The molecule has 0 aromatic carbocycles. The first-order valence-electron chi connectivity index (χ1n) is 5.88. The molecule has 4 nitrogen and oxygen atoms in total. The molecule has 19 heavy (non-hydrogen) atoms. The highest BCUT2D eigenvalue weighted by Gasteiger charge is 2.51. The number of hydrogen-bond acceptors (Lipinski definition) is 4. The molecule has 0 saturated heterocycles. The maximum atomic E-state index is 6.02. The SMILES string of the molecule is Cn1c(SCC2CC2(Cl)Cl)nnc1-c1cccnc1. The molecule has 0 radical (unpaired) electrons. The van der Waals surface area contributed by atoms with Crippen LogP contribution in [0.2, 0.25) is 0 Å². The van der Waals surface area contributed by atoms with Crippen molar-refractivity contribution >= 4 is 35.0 Å². The molecule has 100 valence electrons. The molecule has 2 heterocycles. The molecule has 2 aromatic rings. The van der Waals surface area contributed by atoms with Crippen molar-refractivity contribution in [2.45, 2.75) is 15.9 Å². The zero-order chi connectivity index (χ0) is 13.5. The fourth-order valence-corrected chi connectivity index (χ4v) is 3.65. The van der Waals surface area contributed by atoms with E-state index in [-0.39, 0.29) is 0 Å². The van der Waals surface area contributed by atoms with Crippen LogP contribution < -0.4 is 0 Å². The summed E-state index contributed by atoms with van der Waals surface area (Å²) in [6, 6.07) is 3.85. The van der Waals surface area contributed by atoms with Gasteiger partial charge in [0.25, 0.3) is 0 Å². The Morgan fingerprint density at radius 2 is 2.26 bits per heavy atom. The highest BCUT2D eigenvalue weighted by Crippen LogP contribution is 2.54. The van der Waals surface area contributed by atoms with Gasteiger partial charge in [0, 0.05) is 36.7 Å². The number of hydrogen-bond donors (Lipinski definition) is 0. The van der Waals surface area contributed by atoms with Crippen LogP contribution in [0.1, 0.15) is 6.42 Å². The van der Waals surface area contributed by atoms with Crippen LogP contribution in [-0.4, -0.2) is 29.8 Å². The summed E-state index contributed by atoms with van der Waals surface area (Å²) >= 11 is 13.7. The van der Waals surface area contributed by atoms with Crippen molar-refractivity contribution in [3.8, 4) is 11.4 Å². The Labute approximate surface area is 125 Å². The summed E-state index contributed by atoms with van der Waals surface area (Å²) in [6.07, 6.45) is 4.38. The minimum atomic E-state index is -0.530. The first-order valence-corrected chi connectivity index (χ1v) is 7.62. The smallest absolute Gasteiger partial charge is 0.191 e. The van der Waals surface area contributed by atoms with E-state index in [1.807, 2.05) is 23.7 Å². The van der Waals surface area contributed by atoms with Gasteiger partial charge in [-0.2, -0.15) is 0 Å². The average molecular weight is 315 g/mol. The summed E-state index contributed by atoms with van der Waals surface area (Å²) in [4.78, 5) is 4.09. The Bertz CT molecular complexity index is 585. The van der Waals surface area contributed by atoms with Crippen LogP contribution in [0.3, 0.4) is 0 Å². The Hall–Kier alpha value is -0.780. The lowest BCUT2D eigenvalue weighted by molar-refractivity contribution is 0.791. The van der Waals surface area contributed by atoms with Crippen molar-refractivity contribution < 1.29 is 0 Å². The second-order valence-corrected chi connectivity index (χ2v) is 7.11. The normalized spacial score (nSPS) is 20.5. The molecule has 0 aliphatic heterocycles. The van der Waals surface area contributed by atoms with Crippen molar-refractivity contribution in [2.75, 3.05) is 5.75 Å². The molecule has 1 atom stereocenters. The lowest BCUT2D eigenvalue weighted by Crippen LogP contribution is -1.98. The largest absolute Gasteiger partial charge is 0.305 e. The van der Waals surface area contributed by atoms with Gasteiger partial charge in [-0.05, 0) is 18.6 Å². The van der Waals surface area contributed by atoms with E-state index >= 15 is 0 Å². The molecule has 0 N–H and O–H groups in total. The minimum absolute atomic E-state index is 0.347. The van der Waals surface area contributed by atoms with Crippen molar-refractivity contribution in [1.82, 2.24) is 19.7 Å². The molecule has 0 spiro atoms. The summed E-state index contributed by atoms with van der Waals surface area (Å²) in [5, 5.41) is 9.28. The van der Waals surface area contributed by atoms with Crippen molar-refractivity contribution in [2.24, 2.45) is 13.0 Å². The second-order valence-electron chi connectivity index (χ2n) is 4.58. The summed E-state index contributed by atoms with van der Waals surface area (Å²) in [5.74, 6) is 2.03. The van der Waals surface area contributed by atoms with Gasteiger partial charge in [-0.1, -0.05) is 11.8 Å². The number of nitrogens with zero attached hydrogens (tertiary/aromatic N) is 4. The lowest BCUT2D eigenvalue weighted by atomic mass is 10.3. The van der Waals surface area contributed by atoms with Gasteiger partial charge < -0.3 is 4.57 Å². The predicted molar refractivity (Wildman–Crippen MR) is 77.5 cm³/mol. The van der Waals surface area contributed by atoms with Crippen LogP contribution in [0.5, 0.6) is 0 Å². The van der Waals surface area contributed by atoms with Gasteiger partial charge in [0.2, 0.25) is 0 Å². The zero-order valence-electron chi connectivity index (χ0n) is 10.3. The zero-order valence-corrected chi connectivity index (χ0v) is 12.6. The van der Waals surface area contributed by atoms with Gasteiger partial charge in [0.15, 0.2) is 11.0 Å². The highest BCUT2D eigenvalue weighted by molar-refractivity contribution is 7.99. The van der Waals surface area contributed by atoms with Crippen molar-refractivity contribution in [3.63, 3.8) is 0 Å². The summed E-state index contributed by atoms with van der Waals surface area (Å²) in [5.41, 5.74) is 0.958. The van der Waals surface area contributed by atoms with Crippen LogP contribution in [0.25, 0.3) is 11.4 Å². The topological polar surface area (TPSA) is 43.6 Å². The van der Waals surface area contributed by atoms with Gasteiger partial charge >= 0.3 is 0 Å². The maximum Gasteiger partial charge on any atom is 0.191 e. The molecule has 1 aliphatic rings. The van der Waals surface area contributed by atoms with Gasteiger partial charge in [0.05, 0.1) is 0 Å². The number of halogens is 2. The predicted octanol–water partition coefficient (Wildman–Crippen LogP) is 3.16. The summed E-state index contributed by atoms with van der Waals surface area (Å²) in [7, 11) is 1.95. The van der Waals surface area contributed by atoms with E-state index in [9.17, 15) is 0 Å². The average Bonchev–Trinajstić information content (AvgIpc) is 2.85. The third-order valence-corrected chi connectivity index (χ3v) is 5.23. The molecule has 3 rings (SSSR count). The van der Waals surface area contributed by atoms with Crippen LogP contribution in [0, 0.1) is 5.92 Å². The van der Waals surface area contributed by atoms with Crippen LogP contribution in [0.4, 0.5) is 0 Å². The first kappa shape index (κ1) is 13.2. The Morgan fingerprint density at radius 1 is 1.47 bits per heavy atom. The molecule has 1 saturated carbocycles. The molecule has 1 aliphatic carbocycles. The first-order chi connectivity index (χ1) is 9.08. The van der Waals surface area contributed by atoms with E-state index in [4.69, 9.17) is 23.2 Å². The van der Waals surface area contributed by atoms with Crippen LogP contribution in [0.15, 0.2) is 29.7 Å². The van der Waals surface area contributed by atoms with E-state index in [2.05, 4.69) is 15.2 Å². The van der Waals surface area contributed by atoms with E-state index in [1.54, 1.807) is 24.2 Å². The quantitative estimate of drug-likeness (QED) is 0.642. The van der Waals surface area contributed by atoms with E-state index in [0.717, 1.165) is 28.7 Å². The second kappa shape index (κ2) is 4.96. The molecule has 1 unspecified atom stereocenters. The Morgan fingerprint density at radius 3 is 2.89 bits per heavy atom. The molecule has 2 aromatic heterocycles. The van der Waals surface area contributed by atoms with Gasteiger partial charge in [0.1, 0.15) is 4.33 Å². The standard InChI is InChI=1S/C12H12Cl2N4S/c1-18-10(8-3-2-4-15-6-8)16-17-11(18)19-7-9-5-12(9,13)14/h2-4,6,9H,5,7H2,1H3. The Balaban J connectivity index is 1.73. The molecule has 7 heteroatoms. The molecule has 1 fully saturated rings. The summed E-state index contributed by atoms with van der Waals surface area (Å²) in [6.45, 7) is 0. The molecular formula is C12H12Cl2N4S. The van der Waals surface area contributed by atoms with Crippen LogP contribution >= 0.6 is 35.0 Å². The van der Waals surface area contributed by atoms with Crippen molar-refractivity contribution in [1.29, 1.82) is 0 Å².